The van der Waals surface area contributed by atoms with Crippen LogP contribution in [0.4, 0.5) is 0 Å². The molecule has 11 heavy (non-hydrogen) atoms. The van der Waals surface area contributed by atoms with E-state index in [2.05, 4.69) is 45.6 Å². The quantitative estimate of drug-likeness (QED) is 0.570. The second kappa shape index (κ2) is 2.91. The van der Waals surface area contributed by atoms with E-state index in [-0.39, 0.29) is 0 Å². The summed E-state index contributed by atoms with van der Waals surface area (Å²) >= 11 is 0. The van der Waals surface area contributed by atoms with Crippen molar-refractivity contribution in [3.63, 3.8) is 0 Å². The van der Waals surface area contributed by atoms with Gasteiger partial charge in [0, 0.05) is 0 Å². The van der Waals surface area contributed by atoms with Crippen LogP contribution in [0.15, 0.2) is 18.7 Å². The van der Waals surface area contributed by atoms with Gasteiger partial charge in [0.1, 0.15) is 0 Å². The third kappa shape index (κ3) is 1.51. The highest BCUT2D eigenvalue weighted by molar-refractivity contribution is 5.39. The molecule has 57 valence electrons. The van der Waals surface area contributed by atoms with Crippen molar-refractivity contribution >= 4 is 0 Å². The Hall–Kier alpha value is -1.04. The summed E-state index contributed by atoms with van der Waals surface area (Å²) in [5.74, 6) is 0. The molecule has 0 amide bonds. The van der Waals surface area contributed by atoms with Crippen molar-refractivity contribution in [1.29, 1.82) is 0 Å². The molecule has 0 aliphatic heterocycles. The van der Waals surface area contributed by atoms with Gasteiger partial charge in [-0.25, -0.2) is 0 Å². The molecule has 0 spiro atoms. The van der Waals surface area contributed by atoms with Crippen LogP contribution in [0.25, 0.3) is 0 Å². The first kappa shape index (κ1) is 8.06. The maximum Gasteiger partial charge on any atom is -0.0149 e. The fraction of sp³-hybridized carbons (Fsp3) is 0.273. The Balaban J connectivity index is 3.35. The minimum absolute atomic E-state index is 1.13. The van der Waals surface area contributed by atoms with Crippen LogP contribution in [0.3, 0.4) is 0 Å². The van der Waals surface area contributed by atoms with Crippen LogP contribution in [-0.2, 0) is 0 Å². The standard InChI is InChI=1S/C11H13/c1-5-11-7-8(2)6-9(3)10(11)4/h6-7H,1H2,2-4H3. The van der Waals surface area contributed by atoms with Crippen LogP contribution >= 0.6 is 0 Å². The van der Waals surface area contributed by atoms with Crippen molar-refractivity contribution in [2.24, 2.45) is 0 Å². The molecule has 0 nitrogen and oxygen atoms in total. The van der Waals surface area contributed by atoms with E-state index in [4.69, 9.17) is 0 Å². The van der Waals surface area contributed by atoms with Gasteiger partial charge in [-0.3, -0.25) is 0 Å². The summed E-state index contributed by atoms with van der Waals surface area (Å²) in [4.78, 5) is 0. The van der Waals surface area contributed by atoms with Crippen LogP contribution in [0.1, 0.15) is 22.3 Å². The number of aryl methyl sites for hydroxylation is 2. The molecule has 1 aromatic carbocycles. The lowest BCUT2D eigenvalue weighted by Gasteiger charge is -2.05. The topological polar surface area (TPSA) is 0 Å². The first-order valence-corrected chi connectivity index (χ1v) is 3.76. The van der Waals surface area contributed by atoms with E-state index in [1.165, 1.54) is 16.7 Å². The summed E-state index contributed by atoms with van der Waals surface area (Å²) in [6, 6.07) is 4.28. The molecule has 0 atom stereocenters. The second-order valence-electron chi connectivity index (χ2n) is 2.93. The predicted octanol–water partition coefficient (Wildman–Crippen LogP) is 2.95. The monoisotopic (exact) mass is 145 g/mol. The number of hydrogen-bond donors (Lipinski definition) is 0. The number of hydrogen-bond acceptors (Lipinski definition) is 0. The fourth-order valence-electron chi connectivity index (χ4n) is 1.22. The summed E-state index contributed by atoms with van der Waals surface area (Å²) in [6.45, 7) is 9.95. The highest BCUT2D eigenvalue weighted by Crippen LogP contribution is 2.15. The average Bonchev–Trinajstić information content (AvgIpc) is 1.96. The van der Waals surface area contributed by atoms with E-state index in [9.17, 15) is 0 Å². The van der Waals surface area contributed by atoms with Gasteiger partial charge in [0.25, 0.3) is 0 Å². The molecule has 0 unspecified atom stereocenters. The molecule has 0 heteroatoms. The van der Waals surface area contributed by atoms with Crippen LogP contribution in [0.2, 0.25) is 0 Å². The van der Waals surface area contributed by atoms with Gasteiger partial charge in [0.15, 0.2) is 0 Å². The van der Waals surface area contributed by atoms with Crippen molar-refractivity contribution in [3.05, 3.63) is 47.0 Å². The smallest absolute Gasteiger partial charge is 0.0149 e. The molecule has 0 saturated heterocycles. The summed E-state index contributed by atoms with van der Waals surface area (Å²) in [5.41, 5.74) is 5.00. The zero-order valence-corrected chi connectivity index (χ0v) is 7.36. The van der Waals surface area contributed by atoms with Crippen molar-refractivity contribution in [2.75, 3.05) is 0 Å². The van der Waals surface area contributed by atoms with Gasteiger partial charge < -0.3 is 0 Å². The van der Waals surface area contributed by atoms with Crippen LogP contribution in [0, 0.1) is 26.8 Å². The van der Waals surface area contributed by atoms with E-state index in [1.54, 1.807) is 0 Å². The molecule has 1 radical (unpaired) electrons. The normalized spacial score (nSPS) is 9.73. The molecular weight excluding hydrogens is 132 g/mol. The van der Waals surface area contributed by atoms with Crippen molar-refractivity contribution in [3.8, 4) is 0 Å². The van der Waals surface area contributed by atoms with Gasteiger partial charge in [-0.2, -0.15) is 0 Å². The minimum Gasteiger partial charge on any atom is -0.0905 e. The molecule has 0 aliphatic rings. The van der Waals surface area contributed by atoms with Crippen LogP contribution in [0.5, 0.6) is 0 Å². The van der Waals surface area contributed by atoms with E-state index >= 15 is 0 Å². The van der Waals surface area contributed by atoms with Gasteiger partial charge in [0.2, 0.25) is 0 Å². The lowest BCUT2D eigenvalue weighted by atomic mass is 10.0. The van der Waals surface area contributed by atoms with E-state index in [0.717, 1.165) is 5.56 Å². The molecule has 0 heterocycles. The number of benzene rings is 1. The predicted molar refractivity (Wildman–Crippen MR) is 48.6 cm³/mol. The maximum atomic E-state index is 3.65. The van der Waals surface area contributed by atoms with Gasteiger partial charge in [-0.05, 0) is 43.5 Å². The SMILES string of the molecule is C=[C]c1cc(C)cc(C)c1C. The Kier molecular flexibility index (Phi) is 2.13. The average molecular weight is 145 g/mol. The van der Waals surface area contributed by atoms with Crippen molar-refractivity contribution < 1.29 is 0 Å². The maximum absolute atomic E-state index is 3.65. The molecular formula is C11H13. The third-order valence-corrected chi connectivity index (χ3v) is 2.00. The van der Waals surface area contributed by atoms with E-state index in [1.807, 2.05) is 0 Å². The molecule has 0 bridgehead atoms. The third-order valence-electron chi connectivity index (χ3n) is 2.00. The molecule has 1 aromatic rings. The number of rotatable bonds is 1. The lowest BCUT2D eigenvalue weighted by molar-refractivity contribution is 1.27. The summed E-state index contributed by atoms with van der Waals surface area (Å²) < 4.78 is 0. The Morgan fingerprint density at radius 2 is 1.82 bits per heavy atom. The minimum atomic E-state index is 1.13. The molecule has 0 N–H and O–H groups in total. The van der Waals surface area contributed by atoms with Crippen LogP contribution in [-0.4, -0.2) is 0 Å². The Morgan fingerprint density at radius 3 is 2.36 bits per heavy atom. The van der Waals surface area contributed by atoms with Gasteiger partial charge in [-0.15, -0.1) is 0 Å². The largest absolute Gasteiger partial charge is 0.0905 e. The zero-order chi connectivity index (χ0) is 8.43. The van der Waals surface area contributed by atoms with Crippen molar-refractivity contribution in [1.82, 2.24) is 0 Å². The molecule has 0 fully saturated rings. The summed E-state index contributed by atoms with van der Waals surface area (Å²) in [5, 5.41) is 0. The van der Waals surface area contributed by atoms with Gasteiger partial charge >= 0.3 is 0 Å². The van der Waals surface area contributed by atoms with Gasteiger partial charge in [0.05, 0.1) is 0 Å². The van der Waals surface area contributed by atoms with Crippen molar-refractivity contribution in [2.45, 2.75) is 20.8 Å². The Bertz CT molecular complexity index is 282. The Morgan fingerprint density at radius 1 is 1.18 bits per heavy atom. The Labute approximate surface area is 68.6 Å². The fourth-order valence-corrected chi connectivity index (χ4v) is 1.22. The van der Waals surface area contributed by atoms with Crippen LogP contribution < -0.4 is 0 Å². The lowest BCUT2D eigenvalue weighted by Crippen LogP contribution is -1.88. The highest BCUT2D eigenvalue weighted by atomic mass is 14.0. The van der Waals surface area contributed by atoms with Gasteiger partial charge in [-0.1, -0.05) is 24.3 Å². The zero-order valence-electron chi connectivity index (χ0n) is 7.36. The first-order valence-electron chi connectivity index (χ1n) is 3.76. The summed E-state index contributed by atoms with van der Waals surface area (Å²) in [7, 11) is 0. The molecule has 1 rings (SSSR count). The molecule has 0 aliphatic carbocycles. The highest BCUT2D eigenvalue weighted by Gasteiger charge is 1.98. The van der Waals surface area contributed by atoms with E-state index < -0.39 is 0 Å². The molecule has 0 aromatic heterocycles. The first-order chi connectivity index (χ1) is 5.15. The summed E-state index contributed by atoms with van der Waals surface area (Å²) in [6.07, 6.45) is 2.93. The molecule has 0 saturated carbocycles. The van der Waals surface area contributed by atoms with E-state index in [0.29, 0.717) is 0 Å². The second-order valence-corrected chi connectivity index (χ2v) is 2.93.